The molecule has 0 aliphatic rings. The SMILES string of the molecule is O=[N+]([O-])c1cccc(C(F)F)c1COc1ccccn1. The number of hydrogen-bond acceptors (Lipinski definition) is 4. The molecule has 1 heterocycles. The van der Waals surface area contributed by atoms with Gasteiger partial charge in [0.25, 0.3) is 12.1 Å². The zero-order valence-corrected chi connectivity index (χ0v) is 10.2. The highest BCUT2D eigenvalue weighted by Gasteiger charge is 2.22. The molecule has 0 aliphatic carbocycles. The Balaban J connectivity index is 2.31. The Morgan fingerprint density at radius 3 is 2.65 bits per heavy atom. The van der Waals surface area contributed by atoms with Gasteiger partial charge in [0.1, 0.15) is 6.61 Å². The highest BCUT2D eigenvalue weighted by atomic mass is 19.3. The smallest absolute Gasteiger partial charge is 0.276 e. The van der Waals surface area contributed by atoms with Gasteiger partial charge in [-0.1, -0.05) is 18.2 Å². The summed E-state index contributed by atoms with van der Waals surface area (Å²) in [6.07, 6.45) is -1.33. The molecule has 20 heavy (non-hydrogen) atoms. The van der Waals surface area contributed by atoms with Gasteiger partial charge in [-0.25, -0.2) is 13.8 Å². The Hall–Kier alpha value is -2.57. The van der Waals surface area contributed by atoms with Crippen LogP contribution in [0.25, 0.3) is 0 Å². The summed E-state index contributed by atoms with van der Waals surface area (Å²) in [6, 6.07) is 8.41. The maximum absolute atomic E-state index is 12.9. The first-order valence-electron chi connectivity index (χ1n) is 5.67. The van der Waals surface area contributed by atoms with Crippen molar-refractivity contribution < 1.29 is 18.4 Å². The monoisotopic (exact) mass is 280 g/mol. The molecule has 0 bridgehead atoms. The third kappa shape index (κ3) is 3.05. The third-order valence-electron chi connectivity index (χ3n) is 2.62. The molecule has 7 heteroatoms. The summed E-state index contributed by atoms with van der Waals surface area (Å²) in [7, 11) is 0. The van der Waals surface area contributed by atoms with E-state index in [0.29, 0.717) is 0 Å². The van der Waals surface area contributed by atoms with Crippen LogP contribution in [0.3, 0.4) is 0 Å². The van der Waals surface area contributed by atoms with E-state index in [2.05, 4.69) is 4.98 Å². The van der Waals surface area contributed by atoms with E-state index in [1.54, 1.807) is 12.1 Å². The lowest BCUT2D eigenvalue weighted by Crippen LogP contribution is -2.05. The van der Waals surface area contributed by atoms with Crippen LogP contribution in [-0.4, -0.2) is 9.91 Å². The molecule has 2 rings (SSSR count). The lowest BCUT2D eigenvalue weighted by molar-refractivity contribution is -0.385. The van der Waals surface area contributed by atoms with Gasteiger partial charge < -0.3 is 4.74 Å². The van der Waals surface area contributed by atoms with Crippen LogP contribution in [0.4, 0.5) is 14.5 Å². The molecule has 0 saturated carbocycles. The zero-order valence-electron chi connectivity index (χ0n) is 10.2. The molecule has 104 valence electrons. The van der Waals surface area contributed by atoms with E-state index in [4.69, 9.17) is 4.74 Å². The summed E-state index contributed by atoms with van der Waals surface area (Å²) >= 11 is 0. The van der Waals surface area contributed by atoms with Gasteiger partial charge in [-0.3, -0.25) is 10.1 Å². The van der Waals surface area contributed by atoms with Gasteiger partial charge in [0.2, 0.25) is 5.88 Å². The highest BCUT2D eigenvalue weighted by molar-refractivity contribution is 5.46. The zero-order chi connectivity index (χ0) is 14.5. The third-order valence-corrected chi connectivity index (χ3v) is 2.62. The molecule has 5 nitrogen and oxygen atoms in total. The second-order valence-electron chi connectivity index (χ2n) is 3.86. The molecule has 0 amide bonds. The standard InChI is InChI=1S/C13H10F2N2O3/c14-13(15)9-4-3-5-11(17(18)19)10(9)8-20-12-6-1-2-7-16-12/h1-7,13H,8H2. The first kappa shape index (κ1) is 13.9. The molecule has 0 radical (unpaired) electrons. The van der Waals surface area contributed by atoms with Gasteiger partial charge in [0, 0.05) is 23.9 Å². The van der Waals surface area contributed by atoms with E-state index in [-0.39, 0.29) is 18.1 Å². The number of ether oxygens (including phenoxy) is 1. The topological polar surface area (TPSA) is 65.3 Å². The van der Waals surface area contributed by atoms with Crippen molar-refractivity contribution in [2.45, 2.75) is 13.0 Å². The number of rotatable bonds is 5. The molecule has 0 spiro atoms. The number of nitro groups is 1. The molecule has 0 atom stereocenters. The van der Waals surface area contributed by atoms with Crippen LogP contribution < -0.4 is 4.74 Å². The number of alkyl halides is 2. The van der Waals surface area contributed by atoms with Crippen LogP contribution in [0.1, 0.15) is 17.6 Å². The van der Waals surface area contributed by atoms with Crippen LogP contribution in [0.15, 0.2) is 42.6 Å². The molecule has 0 saturated heterocycles. The van der Waals surface area contributed by atoms with Gasteiger partial charge in [0.15, 0.2) is 0 Å². The van der Waals surface area contributed by atoms with Crippen molar-refractivity contribution >= 4 is 5.69 Å². The van der Waals surface area contributed by atoms with Gasteiger partial charge in [-0.2, -0.15) is 0 Å². The predicted molar refractivity (Wildman–Crippen MR) is 66.6 cm³/mol. The van der Waals surface area contributed by atoms with Crippen molar-refractivity contribution in [3.63, 3.8) is 0 Å². The molecule has 1 aromatic carbocycles. The molecule has 0 unspecified atom stereocenters. The number of pyridine rings is 1. The first-order chi connectivity index (χ1) is 9.59. The average Bonchev–Trinajstić information content (AvgIpc) is 2.45. The fraction of sp³-hybridized carbons (Fsp3) is 0.154. The largest absolute Gasteiger partial charge is 0.473 e. The summed E-state index contributed by atoms with van der Waals surface area (Å²) in [5.74, 6) is 0.214. The van der Waals surface area contributed by atoms with E-state index in [0.717, 1.165) is 6.07 Å². The molecule has 0 fully saturated rings. The first-order valence-corrected chi connectivity index (χ1v) is 5.67. The Kier molecular flexibility index (Phi) is 4.19. The van der Waals surface area contributed by atoms with Crippen molar-refractivity contribution in [3.05, 3.63) is 63.8 Å². The van der Waals surface area contributed by atoms with E-state index in [1.165, 1.54) is 24.4 Å². The number of halogens is 2. The average molecular weight is 280 g/mol. The van der Waals surface area contributed by atoms with Crippen molar-refractivity contribution in [2.75, 3.05) is 0 Å². The lowest BCUT2D eigenvalue weighted by Gasteiger charge is -2.10. The van der Waals surface area contributed by atoms with Gasteiger partial charge in [-0.15, -0.1) is 0 Å². The maximum Gasteiger partial charge on any atom is 0.276 e. The second-order valence-corrected chi connectivity index (χ2v) is 3.86. The van der Waals surface area contributed by atoms with Gasteiger partial charge in [0.05, 0.1) is 10.5 Å². The molecule has 1 aromatic heterocycles. The van der Waals surface area contributed by atoms with E-state index >= 15 is 0 Å². The number of benzene rings is 1. The number of nitro benzene ring substituents is 1. The lowest BCUT2D eigenvalue weighted by atomic mass is 10.1. The fourth-order valence-corrected chi connectivity index (χ4v) is 1.70. The second kappa shape index (κ2) is 6.05. The summed E-state index contributed by atoms with van der Waals surface area (Å²) < 4.78 is 31.0. The van der Waals surface area contributed by atoms with Crippen LogP contribution >= 0.6 is 0 Å². The summed E-state index contributed by atoms with van der Waals surface area (Å²) in [5.41, 5.74) is -0.938. The van der Waals surface area contributed by atoms with Crippen LogP contribution in [0.5, 0.6) is 5.88 Å². The van der Waals surface area contributed by atoms with Crippen molar-refractivity contribution in [1.29, 1.82) is 0 Å². The van der Waals surface area contributed by atoms with E-state index < -0.39 is 22.6 Å². The minimum atomic E-state index is -2.81. The van der Waals surface area contributed by atoms with E-state index in [1.807, 2.05) is 0 Å². The minimum Gasteiger partial charge on any atom is -0.473 e. The highest BCUT2D eigenvalue weighted by Crippen LogP contribution is 2.30. The van der Waals surface area contributed by atoms with Crippen molar-refractivity contribution in [2.24, 2.45) is 0 Å². The summed E-state index contributed by atoms with van der Waals surface area (Å²) in [5, 5.41) is 10.9. The fourth-order valence-electron chi connectivity index (χ4n) is 1.70. The Bertz CT molecular complexity index is 606. The summed E-state index contributed by atoms with van der Waals surface area (Å²) in [4.78, 5) is 14.1. The summed E-state index contributed by atoms with van der Waals surface area (Å²) in [6.45, 7) is -0.339. The van der Waals surface area contributed by atoms with E-state index in [9.17, 15) is 18.9 Å². The minimum absolute atomic E-state index is 0.141. The molecular formula is C13H10F2N2O3. The molecule has 2 aromatic rings. The number of nitrogens with zero attached hydrogens (tertiary/aromatic N) is 2. The van der Waals surface area contributed by atoms with Gasteiger partial charge in [-0.05, 0) is 6.07 Å². The molecule has 0 N–H and O–H groups in total. The Morgan fingerprint density at radius 2 is 2.05 bits per heavy atom. The Morgan fingerprint density at radius 1 is 1.25 bits per heavy atom. The normalized spacial score (nSPS) is 10.6. The van der Waals surface area contributed by atoms with Crippen LogP contribution in [0.2, 0.25) is 0 Å². The maximum atomic E-state index is 12.9. The van der Waals surface area contributed by atoms with Gasteiger partial charge >= 0.3 is 0 Å². The van der Waals surface area contributed by atoms with Crippen LogP contribution in [-0.2, 0) is 6.61 Å². The van der Waals surface area contributed by atoms with Crippen molar-refractivity contribution in [3.8, 4) is 5.88 Å². The Labute approximate surface area is 113 Å². The van der Waals surface area contributed by atoms with Crippen LogP contribution in [0, 0.1) is 10.1 Å². The molecular weight excluding hydrogens is 270 g/mol. The number of hydrogen-bond donors (Lipinski definition) is 0. The quantitative estimate of drug-likeness (QED) is 0.621. The van der Waals surface area contributed by atoms with Crippen molar-refractivity contribution in [1.82, 2.24) is 4.98 Å². The predicted octanol–water partition coefficient (Wildman–Crippen LogP) is 3.51. The number of aromatic nitrogens is 1. The molecule has 0 aliphatic heterocycles.